The Hall–Kier alpha value is -1.19. The van der Waals surface area contributed by atoms with E-state index in [1.54, 1.807) is 25.2 Å². The molecule has 0 aliphatic heterocycles. The highest BCUT2D eigenvalue weighted by Crippen LogP contribution is 2.25. The molecule has 0 saturated heterocycles. The van der Waals surface area contributed by atoms with E-state index in [2.05, 4.69) is 6.58 Å². The maximum atomic E-state index is 12.2. The Kier molecular flexibility index (Phi) is 5.93. The van der Waals surface area contributed by atoms with Gasteiger partial charge >= 0.3 is 6.18 Å². The van der Waals surface area contributed by atoms with E-state index >= 15 is 0 Å². The van der Waals surface area contributed by atoms with Crippen molar-refractivity contribution in [1.82, 2.24) is 0 Å². The standard InChI is InChI=1S/C12H17F3O/c1-5-9(3)7-8-11(6-2)16-10(4)12(13,14)15/h5,7-8,10H,1,6H2,2-4H3/b9-7-,11-8+/t10-/m1/s1. The second-order valence-electron chi connectivity index (χ2n) is 3.40. The normalized spacial score (nSPS) is 15.9. The molecule has 0 fully saturated rings. The predicted octanol–water partition coefficient (Wildman–Crippen LogP) is 4.38. The number of hydrogen-bond acceptors (Lipinski definition) is 1. The van der Waals surface area contributed by atoms with Gasteiger partial charge in [-0.15, -0.1) is 0 Å². The van der Waals surface area contributed by atoms with Crippen molar-refractivity contribution in [2.24, 2.45) is 0 Å². The van der Waals surface area contributed by atoms with Gasteiger partial charge in [0.2, 0.25) is 0 Å². The van der Waals surface area contributed by atoms with E-state index in [1.165, 1.54) is 0 Å². The predicted molar refractivity (Wildman–Crippen MR) is 58.9 cm³/mol. The van der Waals surface area contributed by atoms with Gasteiger partial charge in [-0.1, -0.05) is 31.2 Å². The summed E-state index contributed by atoms with van der Waals surface area (Å²) in [6.07, 6.45) is -0.853. The molecule has 0 bridgehead atoms. The van der Waals surface area contributed by atoms with Crippen molar-refractivity contribution in [2.45, 2.75) is 39.5 Å². The number of alkyl halides is 3. The van der Waals surface area contributed by atoms with Gasteiger partial charge in [0.1, 0.15) is 0 Å². The van der Waals surface area contributed by atoms with E-state index in [0.29, 0.717) is 12.2 Å². The highest BCUT2D eigenvalue weighted by Gasteiger charge is 2.38. The van der Waals surface area contributed by atoms with Crippen molar-refractivity contribution < 1.29 is 17.9 Å². The summed E-state index contributed by atoms with van der Waals surface area (Å²) >= 11 is 0. The SMILES string of the molecule is C=C/C(C)=C\C=C(/CC)O[C@H](C)C(F)(F)F. The lowest BCUT2D eigenvalue weighted by molar-refractivity contribution is -0.203. The van der Waals surface area contributed by atoms with Crippen LogP contribution in [0.2, 0.25) is 0 Å². The summed E-state index contributed by atoms with van der Waals surface area (Å²) in [5, 5.41) is 0. The van der Waals surface area contributed by atoms with Crippen LogP contribution in [0.25, 0.3) is 0 Å². The lowest BCUT2D eigenvalue weighted by Crippen LogP contribution is -2.28. The lowest BCUT2D eigenvalue weighted by atomic mass is 10.2. The van der Waals surface area contributed by atoms with Gasteiger partial charge in [0.05, 0.1) is 5.76 Å². The molecule has 0 spiro atoms. The molecule has 0 N–H and O–H groups in total. The summed E-state index contributed by atoms with van der Waals surface area (Å²) in [5.74, 6) is 0.311. The first-order valence-corrected chi connectivity index (χ1v) is 5.04. The molecule has 4 heteroatoms. The Balaban J connectivity index is 4.59. The van der Waals surface area contributed by atoms with E-state index in [9.17, 15) is 13.2 Å². The molecule has 0 aromatic rings. The van der Waals surface area contributed by atoms with Crippen molar-refractivity contribution in [2.75, 3.05) is 0 Å². The summed E-state index contributed by atoms with van der Waals surface area (Å²) in [7, 11) is 0. The molecule has 0 saturated carbocycles. The van der Waals surface area contributed by atoms with Crippen LogP contribution in [-0.4, -0.2) is 12.3 Å². The van der Waals surface area contributed by atoms with Crippen molar-refractivity contribution >= 4 is 0 Å². The van der Waals surface area contributed by atoms with Crippen LogP contribution in [0.4, 0.5) is 13.2 Å². The zero-order valence-electron chi connectivity index (χ0n) is 9.77. The van der Waals surface area contributed by atoms with Crippen LogP contribution in [-0.2, 0) is 4.74 Å². The molecular weight excluding hydrogens is 217 g/mol. The Bertz CT molecular complexity index is 287. The third-order valence-electron chi connectivity index (χ3n) is 1.99. The minimum Gasteiger partial charge on any atom is -0.486 e. The molecule has 0 unspecified atom stereocenters. The maximum Gasteiger partial charge on any atom is 0.425 e. The highest BCUT2D eigenvalue weighted by atomic mass is 19.4. The largest absolute Gasteiger partial charge is 0.486 e. The van der Waals surface area contributed by atoms with Crippen LogP contribution in [0.5, 0.6) is 0 Å². The van der Waals surface area contributed by atoms with E-state index in [4.69, 9.17) is 4.74 Å². The lowest BCUT2D eigenvalue weighted by Gasteiger charge is -2.18. The van der Waals surface area contributed by atoms with Crippen molar-refractivity contribution in [3.05, 3.63) is 36.1 Å². The summed E-state index contributed by atoms with van der Waals surface area (Å²) in [5.41, 5.74) is 0.870. The fourth-order valence-electron chi connectivity index (χ4n) is 0.827. The molecular formula is C12H17F3O. The van der Waals surface area contributed by atoms with Crippen molar-refractivity contribution in [3.8, 4) is 0 Å². The molecule has 0 amide bonds. The first kappa shape index (κ1) is 14.8. The van der Waals surface area contributed by atoms with Crippen LogP contribution in [0, 0.1) is 0 Å². The van der Waals surface area contributed by atoms with Crippen molar-refractivity contribution in [1.29, 1.82) is 0 Å². The minimum absolute atomic E-state index is 0.311. The van der Waals surface area contributed by atoms with Crippen LogP contribution in [0.3, 0.4) is 0 Å². The number of allylic oxidation sites excluding steroid dienone is 5. The third-order valence-corrected chi connectivity index (χ3v) is 1.99. The van der Waals surface area contributed by atoms with Gasteiger partial charge in [0.15, 0.2) is 6.10 Å². The summed E-state index contributed by atoms with van der Waals surface area (Å²) in [6.45, 7) is 8.09. The monoisotopic (exact) mass is 234 g/mol. The number of rotatable bonds is 5. The topological polar surface area (TPSA) is 9.23 Å². The molecule has 1 atom stereocenters. The van der Waals surface area contributed by atoms with Crippen LogP contribution in [0.15, 0.2) is 36.1 Å². The molecule has 0 heterocycles. The molecule has 0 rings (SSSR count). The van der Waals surface area contributed by atoms with E-state index in [0.717, 1.165) is 12.5 Å². The first-order chi connectivity index (χ1) is 7.31. The molecule has 0 aromatic carbocycles. The molecule has 0 aliphatic rings. The van der Waals surface area contributed by atoms with Crippen LogP contribution < -0.4 is 0 Å². The van der Waals surface area contributed by atoms with Gasteiger partial charge in [-0.05, 0) is 19.9 Å². The Morgan fingerprint density at radius 2 is 1.94 bits per heavy atom. The fourth-order valence-corrected chi connectivity index (χ4v) is 0.827. The Morgan fingerprint density at radius 3 is 2.31 bits per heavy atom. The van der Waals surface area contributed by atoms with Crippen LogP contribution >= 0.6 is 0 Å². The quantitative estimate of drug-likeness (QED) is 0.506. The van der Waals surface area contributed by atoms with Gasteiger partial charge in [0, 0.05) is 6.42 Å². The van der Waals surface area contributed by atoms with E-state index in [-0.39, 0.29) is 0 Å². The van der Waals surface area contributed by atoms with Gasteiger partial charge < -0.3 is 4.74 Å². The Morgan fingerprint density at radius 1 is 1.38 bits per heavy atom. The maximum absolute atomic E-state index is 12.2. The van der Waals surface area contributed by atoms with Crippen molar-refractivity contribution in [3.63, 3.8) is 0 Å². The van der Waals surface area contributed by atoms with Gasteiger partial charge in [-0.25, -0.2) is 0 Å². The number of ether oxygens (including phenoxy) is 1. The first-order valence-electron chi connectivity index (χ1n) is 5.04. The average molecular weight is 234 g/mol. The number of halogens is 3. The summed E-state index contributed by atoms with van der Waals surface area (Å²) in [6, 6.07) is 0. The Labute approximate surface area is 94.3 Å². The molecule has 1 nitrogen and oxygen atoms in total. The highest BCUT2D eigenvalue weighted by molar-refractivity contribution is 5.21. The molecule has 92 valence electrons. The zero-order chi connectivity index (χ0) is 12.8. The van der Waals surface area contributed by atoms with Gasteiger partial charge in [-0.3, -0.25) is 0 Å². The molecule has 0 aliphatic carbocycles. The molecule has 0 aromatic heterocycles. The third kappa shape index (κ3) is 5.63. The number of hydrogen-bond donors (Lipinski definition) is 0. The minimum atomic E-state index is -4.33. The molecule has 16 heavy (non-hydrogen) atoms. The average Bonchev–Trinajstić information content (AvgIpc) is 2.21. The summed E-state index contributed by atoms with van der Waals surface area (Å²) in [4.78, 5) is 0. The second kappa shape index (κ2) is 6.40. The van der Waals surface area contributed by atoms with Gasteiger partial charge in [-0.2, -0.15) is 13.2 Å². The molecule has 0 radical (unpaired) electrons. The smallest absolute Gasteiger partial charge is 0.425 e. The fraction of sp³-hybridized carbons (Fsp3) is 0.500. The second-order valence-corrected chi connectivity index (χ2v) is 3.40. The van der Waals surface area contributed by atoms with Gasteiger partial charge in [0.25, 0.3) is 0 Å². The zero-order valence-corrected chi connectivity index (χ0v) is 9.77. The van der Waals surface area contributed by atoms with E-state index < -0.39 is 12.3 Å². The summed E-state index contributed by atoms with van der Waals surface area (Å²) < 4.78 is 41.5. The van der Waals surface area contributed by atoms with E-state index in [1.807, 2.05) is 6.92 Å². The van der Waals surface area contributed by atoms with Crippen LogP contribution in [0.1, 0.15) is 27.2 Å².